The van der Waals surface area contributed by atoms with Crippen LogP contribution in [-0.4, -0.2) is 35.6 Å². The number of anilines is 1. The molecular formula is C21H37N3. The van der Waals surface area contributed by atoms with Crippen LogP contribution >= 0.6 is 0 Å². The standard InChI is InChI=1S/C19H33N3.C2H4/c1-6-11-18-17(7-2)19(13-14-20-18)21-16(5)12-10-15-22(8-3)9-4;1-2/h7,11,13-14,16,21H,6,8-10,12,15H2,1-5H3;1-2H2/b17-7+,18-11+;. The highest BCUT2D eigenvalue weighted by molar-refractivity contribution is 5.49. The van der Waals surface area contributed by atoms with Crippen molar-refractivity contribution in [2.45, 2.75) is 59.9 Å². The molecule has 0 saturated heterocycles. The first kappa shape index (κ1) is 22.4. The second-order valence-corrected chi connectivity index (χ2v) is 5.77. The summed E-state index contributed by atoms with van der Waals surface area (Å²) < 4.78 is 0. The third-order valence-electron chi connectivity index (χ3n) is 4.11. The average Bonchev–Trinajstić information content (AvgIpc) is 2.61. The Morgan fingerprint density at radius 3 is 2.46 bits per heavy atom. The van der Waals surface area contributed by atoms with Crippen LogP contribution in [-0.2, 0) is 0 Å². The smallest absolute Gasteiger partial charge is 0.0679 e. The lowest BCUT2D eigenvalue weighted by molar-refractivity contribution is 0.295. The van der Waals surface area contributed by atoms with Crippen LogP contribution in [0.15, 0.2) is 25.4 Å². The number of hydrogen-bond donors (Lipinski definition) is 1. The van der Waals surface area contributed by atoms with Crippen molar-refractivity contribution in [3.8, 4) is 0 Å². The fraction of sp³-hybridized carbons (Fsp3) is 0.571. The molecule has 24 heavy (non-hydrogen) atoms. The number of nitrogens with zero attached hydrogens (tertiary/aromatic N) is 2. The van der Waals surface area contributed by atoms with Crippen LogP contribution in [0, 0.1) is 0 Å². The Kier molecular flexibility index (Phi) is 12.9. The van der Waals surface area contributed by atoms with Crippen LogP contribution in [0.1, 0.15) is 53.9 Å². The van der Waals surface area contributed by atoms with Crippen molar-refractivity contribution < 1.29 is 0 Å². The molecule has 0 fully saturated rings. The van der Waals surface area contributed by atoms with E-state index < -0.39 is 0 Å². The quantitative estimate of drug-likeness (QED) is 0.698. The molecule has 1 N–H and O–H groups in total. The van der Waals surface area contributed by atoms with Crippen molar-refractivity contribution in [3.05, 3.63) is 36.0 Å². The predicted molar refractivity (Wildman–Crippen MR) is 110 cm³/mol. The van der Waals surface area contributed by atoms with Crippen molar-refractivity contribution >= 4 is 17.8 Å². The lowest BCUT2D eigenvalue weighted by Crippen LogP contribution is -2.33. The normalized spacial score (nSPS) is 13.6. The van der Waals surface area contributed by atoms with E-state index in [1.165, 1.54) is 30.3 Å². The molecule has 0 aliphatic rings. The highest BCUT2D eigenvalue weighted by Crippen LogP contribution is 2.05. The van der Waals surface area contributed by atoms with Gasteiger partial charge in [0.2, 0.25) is 0 Å². The minimum Gasteiger partial charge on any atom is -0.382 e. The largest absolute Gasteiger partial charge is 0.382 e. The van der Waals surface area contributed by atoms with Gasteiger partial charge in [0.1, 0.15) is 0 Å². The van der Waals surface area contributed by atoms with Crippen LogP contribution in [0.3, 0.4) is 0 Å². The topological polar surface area (TPSA) is 28.2 Å². The molecule has 0 spiro atoms. The van der Waals surface area contributed by atoms with E-state index in [9.17, 15) is 0 Å². The first-order chi connectivity index (χ1) is 11.7. The maximum atomic E-state index is 4.48. The van der Waals surface area contributed by atoms with Gasteiger partial charge in [-0.1, -0.05) is 32.9 Å². The van der Waals surface area contributed by atoms with Crippen LogP contribution in [0.5, 0.6) is 0 Å². The highest BCUT2D eigenvalue weighted by Gasteiger charge is 2.05. The maximum absolute atomic E-state index is 4.48. The molecule has 0 aromatic carbocycles. The van der Waals surface area contributed by atoms with Crippen LogP contribution in [0.4, 0.5) is 5.69 Å². The SMILES string of the molecule is C/C=c1/c(NC(C)CCCN(CC)CC)ccn/c1=C/CC.C=C. The summed E-state index contributed by atoms with van der Waals surface area (Å²) in [6, 6.07) is 2.56. The summed E-state index contributed by atoms with van der Waals surface area (Å²) in [4.78, 5) is 6.97. The molecule has 136 valence electrons. The minimum absolute atomic E-state index is 0.478. The summed E-state index contributed by atoms with van der Waals surface area (Å²) in [7, 11) is 0. The summed E-state index contributed by atoms with van der Waals surface area (Å²) in [5.74, 6) is 0. The number of aromatic nitrogens is 1. The number of nitrogens with one attached hydrogen (secondary N) is 1. The number of pyridine rings is 1. The molecule has 1 rings (SSSR count). The summed E-state index contributed by atoms with van der Waals surface area (Å²) >= 11 is 0. The lowest BCUT2D eigenvalue weighted by Gasteiger charge is -2.20. The Bertz CT molecular complexity index is 547. The van der Waals surface area contributed by atoms with E-state index in [0.29, 0.717) is 6.04 Å². The monoisotopic (exact) mass is 331 g/mol. The van der Waals surface area contributed by atoms with Crippen molar-refractivity contribution in [2.24, 2.45) is 0 Å². The van der Waals surface area contributed by atoms with Gasteiger partial charge in [0.15, 0.2) is 0 Å². The summed E-state index contributed by atoms with van der Waals surface area (Å²) in [5, 5.41) is 5.97. The van der Waals surface area contributed by atoms with E-state index in [0.717, 1.165) is 24.9 Å². The average molecular weight is 332 g/mol. The van der Waals surface area contributed by atoms with Crippen LogP contribution in [0.2, 0.25) is 0 Å². The molecule has 1 aromatic heterocycles. The Labute approximate surface area is 149 Å². The number of rotatable bonds is 9. The van der Waals surface area contributed by atoms with Gasteiger partial charge in [0.05, 0.1) is 5.35 Å². The van der Waals surface area contributed by atoms with Gasteiger partial charge in [-0.3, -0.25) is 4.98 Å². The minimum atomic E-state index is 0.478. The Morgan fingerprint density at radius 2 is 1.92 bits per heavy atom. The fourth-order valence-corrected chi connectivity index (χ4v) is 2.77. The van der Waals surface area contributed by atoms with E-state index in [1.54, 1.807) is 0 Å². The van der Waals surface area contributed by atoms with Gasteiger partial charge >= 0.3 is 0 Å². The zero-order chi connectivity index (χ0) is 18.4. The van der Waals surface area contributed by atoms with Crippen molar-refractivity contribution in [1.82, 2.24) is 9.88 Å². The molecule has 0 aliphatic carbocycles. The second kappa shape index (κ2) is 13.8. The molecule has 0 radical (unpaired) electrons. The van der Waals surface area contributed by atoms with Gasteiger partial charge in [-0.15, -0.1) is 13.2 Å². The Hall–Kier alpha value is -1.61. The summed E-state index contributed by atoms with van der Waals surface area (Å²) in [6.45, 7) is 20.5. The molecule has 0 bridgehead atoms. The van der Waals surface area contributed by atoms with E-state index >= 15 is 0 Å². The molecule has 0 aliphatic heterocycles. The first-order valence-corrected chi connectivity index (χ1v) is 9.26. The molecule has 3 nitrogen and oxygen atoms in total. The Balaban J connectivity index is 0.00000254. The van der Waals surface area contributed by atoms with Crippen LogP contribution < -0.4 is 15.9 Å². The van der Waals surface area contributed by atoms with Gasteiger partial charge in [-0.2, -0.15) is 0 Å². The van der Waals surface area contributed by atoms with Gasteiger partial charge in [-0.05, 0) is 58.8 Å². The number of hydrogen-bond acceptors (Lipinski definition) is 3. The van der Waals surface area contributed by atoms with E-state index in [-0.39, 0.29) is 0 Å². The predicted octanol–water partition coefficient (Wildman–Crippen LogP) is 3.80. The lowest BCUT2D eigenvalue weighted by atomic mass is 10.1. The molecular weight excluding hydrogens is 294 g/mol. The van der Waals surface area contributed by atoms with Crippen LogP contribution in [0.25, 0.3) is 12.2 Å². The van der Waals surface area contributed by atoms with Crippen molar-refractivity contribution in [3.63, 3.8) is 0 Å². The fourth-order valence-electron chi connectivity index (χ4n) is 2.77. The molecule has 1 atom stereocenters. The zero-order valence-electron chi connectivity index (χ0n) is 16.4. The van der Waals surface area contributed by atoms with Gasteiger partial charge < -0.3 is 10.2 Å². The Morgan fingerprint density at radius 1 is 1.25 bits per heavy atom. The molecule has 3 heteroatoms. The van der Waals surface area contributed by atoms with Gasteiger partial charge in [0, 0.05) is 23.1 Å². The third-order valence-corrected chi connectivity index (χ3v) is 4.11. The maximum Gasteiger partial charge on any atom is 0.0679 e. The van der Waals surface area contributed by atoms with E-state index in [1.807, 2.05) is 6.20 Å². The third kappa shape index (κ3) is 7.78. The van der Waals surface area contributed by atoms with Gasteiger partial charge in [-0.25, -0.2) is 0 Å². The van der Waals surface area contributed by atoms with E-state index in [2.05, 4.69) is 81.2 Å². The van der Waals surface area contributed by atoms with Gasteiger partial charge in [0.25, 0.3) is 0 Å². The van der Waals surface area contributed by atoms with Crippen molar-refractivity contribution in [1.29, 1.82) is 0 Å². The molecule has 0 saturated carbocycles. The molecule has 1 unspecified atom stereocenters. The summed E-state index contributed by atoms with van der Waals surface area (Å²) in [5.41, 5.74) is 1.20. The first-order valence-electron chi connectivity index (χ1n) is 9.26. The van der Waals surface area contributed by atoms with Crippen molar-refractivity contribution in [2.75, 3.05) is 25.0 Å². The second-order valence-electron chi connectivity index (χ2n) is 5.77. The molecule has 1 aromatic rings. The zero-order valence-corrected chi connectivity index (χ0v) is 16.4. The van der Waals surface area contributed by atoms with E-state index in [4.69, 9.17) is 0 Å². The molecule has 1 heterocycles. The molecule has 0 amide bonds. The highest BCUT2D eigenvalue weighted by atomic mass is 15.1. The summed E-state index contributed by atoms with van der Waals surface area (Å²) in [6.07, 6.45) is 9.68.